The predicted octanol–water partition coefficient (Wildman–Crippen LogP) is 1.35. The van der Waals surface area contributed by atoms with Crippen LogP contribution in [0.25, 0.3) is 0 Å². The third kappa shape index (κ3) is 2.92. The number of aliphatic hydroxyl groups excluding tert-OH is 1. The van der Waals surface area contributed by atoms with Crippen LogP contribution in [0.15, 0.2) is 12.3 Å². The molecule has 1 aromatic heterocycles. The second-order valence-corrected chi connectivity index (χ2v) is 2.86. The van der Waals surface area contributed by atoms with Crippen molar-refractivity contribution in [1.82, 2.24) is 9.78 Å². The molecule has 1 rings (SSSR count). The minimum Gasteiger partial charge on any atom is -0.387 e. The van der Waals surface area contributed by atoms with Crippen molar-refractivity contribution in [3.8, 4) is 11.8 Å². The van der Waals surface area contributed by atoms with Crippen LogP contribution < -0.4 is 0 Å². The Balaban J connectivity index is 2.52. The molecule has 0 bridgehead atoms. The molecule has 1 aromatic rings. The Labute approximate surface area is 78.4 Å². The average molecular weight is 178 g/mol. The van der Waals surface area contributed by atoms with Gasteiger partial charge in [0.2, 0.25) is 0 Å². The first-order chi connectivity index (χ1) is 6.24. The summed E-state index contributed by atoms with van der Waals surface area (Å²) in [5, 5.41) is 13.4. The van der Waals surface area contributed by atoms with Crippen molar-refractivity contribution in [2.24, 2.45) is 0 Å². The number of aliphatic hydroxyl groups is 1. The van der Waals surface area contributed by atoms with Gasteiger partial charge in [-0.1, -0.05) is 0 Å². The molecule has 0 saturated carbocycles. The first-order valence-corrected chi connectivity index (χ1v) is 4.35. The van der Waals surface area contributed by atoms with Gasteiger partial charge in [0.1, 0.15) is 0 Å². The number of aromatic nitrogens is 2. The molecular weight excluding hydrogens is 164 g/mol. The zero-order chi connectivity index (χ0) is 9.68. The Morgan fingerprint density at radius 1 is 1.69 bits per heavy atom. The molecule has 1 heterocycles. The highest BCUT2D eigenvalue weighted by Crippen LogP contribution is 2.07. The van der Waals surface area contributed by atoms with Gasteiger partial charge in [0.05, 0.1) is 18.3 Å². The van der Waals surface area contributed by atoms with Crippen LogP contribution in [-0.4, -0.2) is 14.9 Å². The van der Waals surface area contributed by atoms with Crippen LogP contribution in [0.4, 0.5) is 0 Å². The van der Waals surface area contributed by atoms with Crippen molar-refractivity contribution >= 4 is 0 Å². The summed E-state index contributed by atoms with van der Waals surface area (Å²) in [6, 6.07) is 1.82. The fourth-order valence-corrected chi connectivity index (χ4v) is 1.02. The Morgan fingerprint density at radius 3 is 3.00 bits per heavy atom. The highest BCUT2D eigenvalue weighted by molar-refractivity contribution is 5.02. The van der Waals surface area contributed by atoms with Crippen LogP contribution in [-0.2, 0) is 6.54 Å². The molecule has 0 saturated heterocycles. The standard InChI is InChI=1S/C10H14N2O/c1-3-4-5-7-12-8-6-10(11-12)9(2)13/h6,8-9,13H,5,7H2,1-2H3. The second-order valence-electron chi connectivity index (χ2n) is 2.86. The summed E-state index contributed by atoms with van der Waals surface area (Å²) < 4.78 is 1.80. The summed E-state index contributed by atoms with van der Waals surface area (Å²) in [7, 11) is 0. The van der Waals surface area contributed by atoms with E-state index >= 15 is 0 Å². The normalized spacial score (nSPS) is 11.9. The Kier molecular flexibility index (Phi) is 3.53. The molecule has 0 aliphatic heterocycles. The molecule has 0 aromatic carbocycles. The molecule has 3 nitrogen and oxygen atoms in total. The van der Waals surface area contributed by atoms with Gasteiger partial charge >= 0.3 is 0 Å². The van der Waals surface area contributed by atoms with Crippen LogP contribution >= 0.6 is 0 Å². The van der Waals surface area contributed by atoms with Crippen molar-refractivity contribution in [3.05, 3.63) is 18.0 Å². The van der Waals surface area contributed by atoms with E-state index in [1.165, 1.54) is 0 Å². The largest absolute Gasteiger partial charge is 0.387 e. The first kappa shape index (κ1) is 9.82. The highest BCUT2D eigenvalue weighted by Gasteiger charge is 2.03. The predicted molar refractivity (Wildman–Crippen MR) is 50.9 cm³/mol. The number of hydrogen-bond acceptors (Lipinski definition) is 2. The molecule has 3 heteroatoms. The smallest absolute Gasteiger partial charge is 0.0950 e. The molecule has 0 amide bonds. The van der Waals surface area contributed by atoms with Gasteiger partial charge in [-0.05, 0) is 19.9 Å². The van der Waals surface area contributed by atoms with Gasteiger partial charge in [0.15, 0.2) is 0 Å². The van der Waals surface area contributed by atoms with Gasteiger partial charge in [-0.3, -0.25) is 4.68 Å². The average Bonchev–Trinajstić information content (AvgIpc) is 2.53. The lowest BCUT2D eigenvalue weighted by Gasteiger charge is -1.98. The van der Waals surface area contributed by atoms with Crippen LogP contribution in [0.2, 0.25) is 0 Å². The maximum atomic E-state index is 9.20. The van der Waals surface area contributed by atoms with Gasteiger partial charge in [-0.2, -0.15) is 5.10 Å². The third-order valence-corrected chi connectivity index (χ3v) is 1.73. The first-order valence-electron chi connectivity index (χ1n) is 4.35. The number of rotatable bonds is 3. The summed E-state index contributed by atoms with van der Waals surface area (Å²) in [5.41, 5.74) is 0.712. The highest BCUT2D eigenvalue weighted by atomic mass is 16.3. The third-order valence-electron chi connectivity index (χ3n) is 1.73. The molecule has 1 N–H and O–H groups in total. The van der Waals surface area contributed by atoms with Gasteiger partial charge in [0.25, 0.3) is 0 Å². The van der Waals surface area contributed by atoms with E-state index in [2.05, 4.69) is 16.9 Å². The molecule has 0 radical (unpaired) electrons. The second kappa shape index (κ2) is 4.68. The molecule has 0 fully saturated rings. The fourth-order valence-electron chi connectivity index (χ4n) is 1.02. The lowest BCUT2D eigenvalue weighted by molar-refractivity contribution is 0.193. The zero-order valence-corrected chi connectivity index (χ0v) is 7.99. The molecule has 0 spiro atoms. The van der Waals surface area contributed by atoms with Crippen molar-refractivity contribution in [1.29, 1.82) is 0 Å². The molecule has 70 valence electrons. The van der Waals surface area contributed by atoms with E-state index in [9.17, 15) is 5.11 Å². The van der Waals surface area contributed by atoms with Crippen LogP contribution in [0.3, 0.4) is 0 Å². The van der Waals surface area contributed by atoms with E-state index in [-0.39, 0.29) is 0 Å². The minimum absolute atomic E-state index is 0.487. The van der Waals surface area contributed by atoms with Gasteiger partial charge in [0, 0.05) is 12.6 Å². The molecular formula is C10H14N2O. The quantitative estimate of drug-likeness (QED) is 0.709. The maximum absolute atomic E-state index is 9.20. The minimum atomic E-state index is -0.487. The van der Waals surface area contributed by atoms with E-state index in [0.717, 1.165) is 13.0 Å². The SMILES string of the molecule is CC#CCCn1ccc(C(C)O)n1. The molecule has 1 unspecified atom stereocenters. The van der Waals surface area contributed by atoms with Crippen molar-refractivity contribution in [3.63, 3.8) is 0 Å². The van der Waals surface area contributed by atoms with E-state index < -0.39 is 6.10 Å². The summed E-state index contributed by atoms with van der Waals surface area (Å²) in [4.78, 5) is 0. The maximum Gasteiger partial charge on any atom is 0.0950 e. The summed E-state index contributed by atoms with van der Waals surface area (Å²) in [5.74, 6) is 5.79. The molecule has 0 aliphatic rings. The van der Waals surface area contributed by atoms with Gasteiger partial charge < -0.3 is 5.11 Å². The molecule has 0 aliphatic carbocycles. The number of hydrogen-bond donors (Lipinski definition) is 1. The van der Waals surface area contributed by atoms with Crippen LogP contribution in [0.5, 0.6) is 0 Å². The molecule has 1 atom stereocenters. The monoisotopic (exact) mass is 178 g/mol. The molecule has 13 heavy (non-hydrogen) atoms. The topological polar surface area (TPSA) is 38.0 Å². The van der Waals surface area contributed by atoms with Crippen LogP contribution in [0, 0.1) is 11.8 Å². The van der Waals surface area contributed by atoms with E-state index in [4.69, 9.17) is 0 Å². The van der Waals surface area contributed by atoms with E-state index in [0.29, 0.717) is 5.69 Å². The van der Waals surface area contributed by atoms with Crippen molar-refractivity contribution in [2.45, 2.75) is 32.9 Å². The Morgan fingerprint density at radius 2 is 2.46 bits per heavy atom. The van der Waals surface area contributed by atoms with Crippen molar-refractivity contribution in [2.75, 3.05) is 0 Å². The van der Waals surface area contributed by atoms with E-state index in [1.807, 2.05) is 19.2 Å². The van der Waals surface area contributed by atoms with E-state index in [1.54, 1.807) is 11.6 Å². The lowest BCUT2D eigenvalue weighted by atomic mass is 10.3. The lowest BCUT2D eigenvalue weighted by Crippen LogP contribution is -2.00. The number of aryl methyl sites for hydroxylation is 1. The zero-order valence-electron chi connectivity index (χ0n) is 7.99. The van der Waals surface area contributed by atoms with Gasteiger partial charge in [-0.25, -0.2) is 0 Å². The van der Waals surface area contributed by atoms with Crippen LogP contribution in [0.1, 0.15) is 32.1 Å². The summed E-state index contributed by atoms with van der Waals surface area (Å²) >= 11 is 0. The summed E-state index contributed by atoms with van der Waals surface area (Å²) in [6.07, 6.45) is 2.18. The Bertz CT molecular complexity index is 317. The fraction of sp³-hybridized carbons (Fsp3) is 0.500. The van der Waals surface area contributed by atoms with Crippen molar-refractivity contribution < 1.29 is 5.11 Å². The number of nitrogens with zero attached hydrogens (tertiary/aromatic N) is 2. The van der Waals surface area contributed by atoms with Gasteiger partial charge in [-0.15, -0.1) is 11.8 Å². The summed E-state index contributed by atoms with van der Waals surface area (Å²) in [6.45, 7) is 4.32. The Hall–Kier alpha value is -1.27.